The Balaban J connectivity index is 1.84. The van der Waals surface area contributed by atoms with Crippen molar-refractivity contribution in [2.45, 2.75) is 24.2 Å². The van der Waals surface area contributed by atoms with E-state index in [9.17, 15) is 14.9 Å². The number of nitrogens with zero attached hydrogens (tertiary/aromatic N) is 1. The summed E-state index contributed by atoms with van der Waals surface area (Å²) in [6, 6.07) is 24.2. The summed E-state index contributed by atoms with van der Waals surface area (Å²) in [5.41, 5.74) is 14.6. The van der Waals surface area contributed by atoms with E-state index in [0.29, 0.717) is 24.1 Å². The number of nitrogens with one attached hydrogen (secondary N) is 2. The van der Waals surface area contributed by atoms with Gasteiger partial charge in [0, 0.05) is 24.4 Å². The molecule has 1 heterocycles. The predicted molar refractivity (Wildman–Crippen MR) is 130 cm³/mol. The van der Waals surface area contributed by atoms with Crippen LogP contribution in [0.5, 0.6) is 0 Å². The number of amides is 2. The standard InChI is InChI=1S/C27H25N5O2/c28-16-20-4-1-2-7-22(20)17-8-10-21(11-9-17)27(12-13-32-26(27)34)23(15-24(29)33)18-5-3-6-19(14-18)25(30)31/h1-11,14,23H,12-13,15H2,(H2,29,33)(H3,30,31)(H,32,34). The van der Waals surface area contributed by atoms with Crippen LogP contribution in [0.25, 0.3) is 11.1 Å². The molecular weight excluding hydrogens is 426 g/mol. The lowest BCUT2D eigenvalue weighted by Gasteiger charge is -2.36. The fourth-order valence-electron chi connectivity index (χ4n) is 4.93. The molecule has 1 aliphatic heterocycles. The molecule has 7 heteroatoms. The number of hydrogen-bond donors (Lipinski definition) is 4. The van der Waals surface area contributed by atoms with Gasteiger partial charge in [-0.05, 0) is 40.8 Å². The average Bonchev–Trinajstić information content (AvgIpc) is 3.24. The lowest BCUT2D eigenvalue weighted by Crippen LogP contribution is -2.42. The number of carbonyl (C=O) groups excluding carboxylic acids is 2. The van der Waals surface area contributed by atoms with Crippen molar-refractivity contribution in [3.05, 3.63) is 95.1 Å². The van der Waals surface area contributed by atoms with E-state index in [0.717, 1.165) is 22.3 Å². The lowest BCUT2D eigenvalue weighted by atomic mass is 9.65. The summed E-state index contributed by atoms with van der Waals surface area (Å²) in [7, 11) is 0. The van der Waals surface area contributed by atoms with Gasteiger partial charge in [-0.2, -0.15) is 5.26 Å². The quantitative estimate of drug-likeness (QED) is 0.323. The molecule has 0 radical (unpaired) electrons. The highest BCUT2D eigenvalue weighted by atomic mass is 16.2. The number of nitriles is 1. The molecule has 0 spiro atoms. The molecule has 6 N–H and O–H groups in total. The van der Waals surface area contributed by atoms with Crippen LogP contribution in [0.15, 0.2) is 72.8 Å². The highest BCUT2D eigenvalue weighted by molar-refractivity contribution is 5.96. The summed E-state index contributed by atoms with van der Waals surface area (Å²) < 4.78 is 0. The molecular formula is C27H25N5O2. The minimum absolute atomic E-state index is 0.0339. The molecule has 0 saturated carbocycles. The summed E-state index contributed by atoms with van der Waals surface area (Å²) in [5.74, 6) is -1.32. The molecule has 1 aliphatic rings. The normalized spacial score (nSPS) is 18.0. The Hall–Kier alpha value is -4.44. The summed E-state index contributed by atoms with van der Waals surface area (Å²) in [4.78, 5) is 25.5. The Morgan fingerprint density at radius 1 is 1.09 bits per heavy atom. The van der Waals surface area contributed by atoms with Crippen molar-refractivity contribution < 1.29 is 9.59 Å². The lowest BCUT2D eigenvalue weighted by molar-refractivity contribution is -0.125. The van der Waals surface area contributed by atoms with Crippen LogP contribution in [0.4, 0.5) is 0 Å². The second-order valence-corrected chi connectivity index (χ2v) is 8.47. The van der Waals surface area contributed by atoms with Gasteiger partial charge in [0.05, 0.1) is 17.0 Å². The van der Waals surface area contributed by atoms with Gasteiger partial charge in [-0.25, -0.2) is 0 Å². The molecule has 170 valence electrons. The number of hydrogen-bond acceptors (Lipinski definition) is 4. The summed E-state index contributed by atoms with van der Waals surface area (Å²) in [6.45, 7) is 0.472. The topological polar surface area (TPSA) is 146 Å². The molecule has 1 fully saturated rings. The maximum atomic E-state index is 13.4. The smallest absolute Gasteiger partial charge is 0.231 e. The first-order valence-electron chi connectivity index (χ1n) is 11.0. The average molecular weight is 452 g/mol. The van der Waals surface area contributed by atoms with Crippen LogP contribution >= 0.6 is 0 Å². The second kappa shape index (κ2) is 9.20. The van der Waals surface area contributed by atoms with Gasteiger partial charge in [-0.3, -0.25) is 15.0 Å². The SMILES string of the molecule is N#Cc1ccccc1-c1ccc(C2(C(CC(N)=O)c3cccc(C(=N)N)c3)CCNC2=O)cc1. The third kappa shape index (κ3) is 4.02. The van der Waals surface area contributed by atoms with E-state index >= 15 is 0 Å². The molecule has 2 atom stereocenters. The Bertz CT molecular complexity index is 1310. The number of amidine groups is 1. The molecule has 4 rings (SSSR count). The highest BCUT2D eigenvalue weighted by Crippen LogP contribution is 2.47. The fraction of sp³-hybridized carbons (Fsp3) is 0.185. The maximum Gasteiger partial charge on any atom is 0.231 e. The largest absolute Gasteiger partial charge is 0.384 e. The first kappa shape index (κ1) is 22.7. The van der Waals surface area contributed by atoms with Crippen LogP contribution in [0.2, 0.25) is 0 Å². The van der Waals surface area contributed by atoms with Crippen LogP contribution in [-0.4, -0.2) is 24.2 Å². The molecule has 3 aromatic carbocycles. The third-order valence-electron chi connectivity index (χ3n) is 6.57. The first-order chi connectivity index (χ1) is 16.4. The van der Waals surface area contributed by atoms with Crippen molar-refractivity contribution in [3.63, 3.8) is 0 Å². The molecule has 3 aromatic rings. The summed E-state index contributed by atoms with van der Waals surface area (Å²) >= 11 is 0. The molecule has 1 saturated heterocycles. The van der Waals surface area contributed by atoms with Gasteiger partial charge in [-0.15, -0.1) is 0 Å². The van der Waals surface area contributed by atoms with Crippen molar-refractivity contribution in [1.29, 1.82) is 10.7 Å². The van der Waals surface area contributed by atoms with Crippen molar-refractivity contribution in [2.75, 3.05) is 6.54 Å². The van der Waals surface area contributed by atoms with Gasteiger partial charge in [0.2, 0.25) is 11.8 Å². The molecule has 0 bridgehead atoms. The molecule has 2 amide bonds. The van der Waals surface area contributed by atoms with Crippen LogP contribution in [0.3, 0.4) is 0 Å². The number of carbonyl (C=O) groups is 2. The van der Waals surface area contributed by atoms with E-state index in [4.69, 9.17) is 16.9 Å². The van der Waals surface area contributed by atoms with Gasteiger partial charge in [-0.1, -0.05) is 60.7 Å². The van der Waals surface area contributed by atoms with Gasteiger partial charge < -0.3 is 16.8 Å². The summed E-state index contributed by atoms with van der Waals surface area (Å²) in [6.07, 6.45) is 0.454. The van der Waals surface area contributed by atoms with Crippen molar-refractivity contribution in [3.8, 4) is 17.2 Å². The van der Waals surface area contributed by atoms with Gasteiger partial charge in [0.25, 0.3) is 0 Å². The minimum atomic E-state index is -1.02. The zero-order valence-electron chi connectivity index (χ0n) is 18.5. The zero-order chi connectivity index (χ0) is 24.3. The van der Waals surface area contributed by atoms with Crippen LogP contribution in [-0.2, 0) is 15.0 Å². The first-order valence-corrected chi connectivity index (χ1v) is 11.0. The number of rotatable bonds is 7. The molecule has 7 nitrogen and oxygen atoms in total. The predicted octanol–water partition coefficient (Wildman–Crippen LogP) is 2.93. The van der Waals surface area contributed by atoms with E-state index in [1.165, 1.54) is 0 Å². The Morgan fingerprint density at radius 3 is 2.44 bits per heavy atom. The van der Waals surface area contributed by atoms with Gasteiger partial charge >= 0.3 is 0 Å². The van der Waals surface area contributed by atoms with Gasteiger partial charge in [0.15, 0.2) is 0 Å². The number of nitrogen functional groups attached to an aromatic ring is 1. The number of nitrogens with two attached hydrogens (primary N) is 2. The second-order valence-electron chi connectivity index (χ2n) is 8.47. The third-order valence-corrected chi connectivity index (χ3v) is 6.57. The Kier molecular flexibility index (Phi) is 6.15. The van der Waals surface area contributed by atoms with E-state index < -0.39 is 17.2 Å². The molecule has 0 aliphatic carbocycles. The van der Waals surface area contributed by atoms with Crippen molar-refractivity contribution >= 4 is 17.6 Å². The molecule has 2 unspecified atom stereocenters. The highest BCUT2D eigenvalue weighted by Gasteiger charge is 2.51. The van der Waals surface area contributed by atoms with E-state index in [2.05, 4.69) is 11.4 Å². The Labute approximate surface area is 197 Å². The van der Waals surface area contributed by atoms with E-state index in [1.807, 2.05) is 48.5 Å². The van der Waals surface area contributed by atoms with Crippen molar-refractivity contribution in [1.82, 2.24) is 5.32 Å². The van der Waals surface area contributed by atoms with Crippen LogP contribution in [0, 0.1) is 16.7 Å². The summed E-state index contributed by atoms with van der Waals surface area (Å²) in [5, 5.41) is 20.2. The minimum Gasteiger partial charge on any atom is -0.384 e. The molecule has 34 heavy (non-hydrogen) atoms. The van der Waals surface area contributed by atoms with Crippen molar-refractivity contribution in [2.24, 2.45) is 11.5 Å². The van der Waals surface area contributed by atoms with Crippen LogP contribution < -0.4 is 16.8 Å². The fourth-order valence-corrected chi connectivity index (χ4v) is 4.93. The van der Waals surface area contributed by atoms with Gasteiger partial charge in [0.1, 0.15) is 5.84 Å². The monoisotopic (exact) mass is 451 g/mol. The van der Waals surface area contributed by atoms with E-state index in [-0.39, 0.29) is 18.2 Å². The number of primary amides is 1. The van der Waals surface area contributed by atoms with E-state index in [1.54, 1.807) is 24.3 Å². The zero-order valence-corrected chi connectivity index (χ0v) is 18.5. The Morgan fingerprint density at radius 2 is 1.82 bits per heavy atom. The van der Waals surface area contributed by atoms with Crippen LogP contribution in [0.1, 0.15) is 41.0 Å². The maximum absolute atomic E-state index is 13.4. The number of benzene rings is 3. The molecule has 0 aromatic heterocycles.